The van der Waals surface area contributed by atoms with E-state index in [1.165, 1.54) is 12.1 Å². The maximum absolute atomic E-state index is 12.1. The minimum Gasteiger partial charge on any atom is -0.354 e. The van der Waals surface area contributed by atoms with Gasteiger partial charge in [0.05, 0.1) is 26.1 Å². The van der Waals surface area contributed by atoms with Crippen molar-refractivity contribution in [2.75, 3.05) is 13.1 Å². The largest absolute Gasteiger partial charge is 0.354 e. The Hall–Kier alpha value is -1.52. The number of nitrogens with one attached hydrogen (secondary N) is 2. The van der Waals surface area contributed by atoms with E-state index in [1.54, 1.807) is 11.3 Å². The van der Waals surface area contributed by atoms with Crippen molar-refractivity contribution in [3.05, 3.63) is 45.7 Å². The normalized spacial score (nSPS) is 13.0. The molecule has 0 spiro atoms. The molecule has 1 aromatic carbocycles. The summed E-state index contributed by atoms with van der Waals surface area (Å²) in [5.74, 6) is -0.367. The van der Waals surface area contributed by atoms with Crippen LogP contribution in [0, 0.1) is 0 Å². The summed E-state index contributed by atoms with van der Waals surface area (Å²) in [4.78, 5) is 16.5. The van der Waals surface area contributed by atoms with Gasteiger partial charge in [0.1, 0.15) is 4.21 Å². The summed E-state index contributed by atoms with van der Waals surface area (Å²) >= 11 is 8.27. The Labute approximate surface area is 164 Å². The second-order valence-corrected chi connectivity index (χ2v) is 10.4. The lowest BCUT2D eigenvalue weighted by Crippen LogP contribution is -2.38. The first kappa shape index (κ1) is 19.2. The van der Waals surface area contributed by atoms with Gasteiger partial charge in [-0.2, -0.15) is 0 Å². The summed E-state index contributed by atoms with van der Waals surface area (Å²) in [6, 6.07) is 10.8. The van der Waals surface area contributed by atoms with Crippen LogP contribution in [0.5, 0.6) is 0 Å². The van der Waals surface area contributed by atoms with Crippen LogP contribution in [-0.2, 0) is 14.8 Å². The highest BCUT2D eigenvalue weighted by atomic mass is 35.5. The molecule has 1 amide bonds. The average Bonchev–Trinajstić information content (AvgIpc) is 3.24. The quantitative estimate of drug-likeness (QED) is 0.603. The summed E-state index contributed by atoms with van der Waals surface area (Å²) in [6.45, 7) is 2.02. The van der Waals surface area contributed by atoms with Crippen LogP contribution in [0.4, 0.5) is 0 Å². The van der Waals surface area contributed by atoms with E-state index in [1.807, 2.05) is 31.2 Å². The fraction of sp³-hybridized carbons (Fsp3) is 0.250. The number of hydrogen-bond donors (Lipinski definition) is 2. The van der Waals surface area contributed by atoms with Gasteiger partial charge in [0, 0.05) is 12.5 Å². The number of thiazole rings is 1. The Morgan fingerprint density at radius 1 is 1.23 bits per heavy atom. The number of aromatic nitrogens is 1. The van der Waals surface area contributed by atoms with Gasteiger partial charge in [0.15, 0.2) is 0 Å². The van der Waals surface area contributed by atoms with Crippen LogP contribution in [0.25, 0.3) is 10.2 Å². The molecule has 10 heteroatoms. The molecule has 1 atom stereocenters. The van der Waals surface area contributed by atoms with Gasteiger partial charge in [-0.05, 0) is 24.3 Å². The zero-order chi connectivity index (χ0) is 18.7. The van der Waals surface area contributed by atoms with E-state index < -0.39 is 15.9 Å². The molecule has 0 saturated heterocycles. The Bertz CT molecular complexity index is 996. The van der Waals surface area contributed by atoms with Gasteiger partial charge in [-0.15, -0.1) is 22.7 Å². The Morgan fingerprint density at radius 3 is 2.69 bits per heavy atom. The van der Waals surface area contributed by atoms with Gasteiger partial charge >= 0.3 is 0 Å². The predicted octanol–water partition coefficient (Wildman–Crippen LogP) is 3.21. The molecule has 0 saturated carbocycles. The molecule has 2 heterocycles. The van der Waals surface area contributed by atoms with E-state index >= 15 is 0 Å². The molecule has 0 aliphatic rings. The van der Waals surface area contributed by atoms with Gasteiger partial charge in [-0.3, -0.25) is 4.79 Å². The number of para-hydroxylation sites is 1. The number of fused-ring (bicyclic) bond motifs is 1. The highest BCUT2D eigenvalue weighted by Gasteiger charge is 2.18. The minimum atomic E-state index is -3.73. The van der Waals surface area contributed by atoms with Crippen LogP contribution in [0.15, 0.2) is 40.6 Å². The molecule has 3 aromatic rings. The third-order valence-corrected chi connectivity index (χ3v) is 7.97. The highest BCUT2D eigenvalue weighted by Crippen LogP contribution is 2.27. The molecular weight excluding hydrogens is 414 g/mol. The first-order chi connectivity index (χ1) is 12.3. The molecule has 0 radical (unpaired) electrons. The van der Waals surface area contributed by atoms with Crippen molar-refractivity contribution in [2.24, 2.45) is 0 Å². The van der Waals surface area contributed by atoms with Crippen LogP contribution < -0.4 is 10.0 Å². The molecule has 3 rings (SSSR count). The Balaban J connectivity index is 1.52. The number of halogens is 1. The second kappa shape index (κ2) is 8.01. The van der Waals surface area contributed by atoms with Crippen LogP contribution in [-0.4, -0.2) is 32.4 Å². The molecular formula is C16H16ClN3O3S3. The molecule has 2 aromatic heterocycles. The maximum Gasteiger partial charge on any atom is 0.250 e. The van der Waals surface area contributed by atoms with Crippen molar-refractivity contribution in [3.63, 3.8) is 0 Å². The third kappa shape index (κ3) is 4.60. The standard InChI is InChI=1S/C16H16ClN3O3S3/c1-10(16-20-11-4-2-3-5-12(11)24-16)8-18-14(21)9-19-26(22,23)15-7-6-13(17)25-15/h2-7,10,19H,8-9H2,1H3,(H,18,21). The van der Waals surface area contributed by atoms with E-state index in [0.717, 1.165) is 26.6 Å². The molecule has 6 nitrogen and oxygen atoms in total. The SMILES string of the molecule is CC(CNC(=O)CNS(=O)(=O)c1ccc(Cl)s1)c1nc2ccccc2s1. The molecule has 2 N–H and O–H groups in total. The molecule has 0 aliphatic carbocycles. The number of carbonyl (C=O) groups excluding carboxylic acids is 1. The van der Waals surface area contributed by atoms with Gasteiger partial charge in [-0.25, -0.2) is 18.1 Å². The van der Waals surface area contributed by atoms with Crippen molar-refractivity contribution in [3.8, 4) is 0 Å². The van der Waals surface area contributed by atoms with E-state index in [-0.39, 0.29) is 16.7 Å². The fourth-order valence-corrected chi connectivity index (χ4v) is 5.72. The summed E-state index contributed by atoms with van der Waals surface area (Å²) < 4.78 is 28.0. The molecule has 138 valence electrons. The molecule has 0 aliphatic heterocycles. The number of benzene rings is 1. The van der Waals surface area contributed by atoms with E-state index in [0.29, 0.717) is 10.9 Å². The zero-order valence-corrected chi connectivity index (χ0v) is 16.9. The summed E-state index contributed by atoms with van der Waals surface area (Å²) in [6.07, 6.45) is 0. The lowest BCUT2D eigenvalue weighted by Gasteiger charge is -2.10. The lowest BCUT2D eigenvalue weighted by atomic mass is 10.2. The van der Waals surface area contributed by atoms with Crippen LogP contribution in [0.2, 0.25) is 4.34 Å². The highest BCUT2D eigenvalue weighted by molar-refractivity contribution is 7.91. The predicted molar refractivity (Wildman–Crippen MR) is 106 cm³/mol. The molecule has 0 fully saturated rings. The third-order valence-electron chi connectivity index (χ3n) is 3.57. The number of thiophene rings is 1. The fourth-order valence-electron chi connectivity index (χ4n) is 2.19. The van der Waals surface area contributed by atoms with Crippen molar-refractivity contribution >= 4 is 60.4 Å². The van der Waals surface area contributed by atoms with E-state index in [4.69, 9.17) is 11.6 Å². The molecule has 26 heavy (non-hydrogen) atoms. The number of amides is 1. The van der Waals surface area contributed by atoms with Crippen molar-refractivity contribution in [1.29, 1.82) is 0 Å². The zero-order valence-electron chi connectivity index (χ0n) is 13.7. The van der Waals surface area contributed by atoms with Crippen LogP contribution in [0.1, 0.15) is 17.8 Å². The monoisotopic (exact) mass is 429 g/mol. The minimum absolute atomic E-state index is 0.0315. The van der Waals surface area contributed by atoms with Crippen molar-refractivity contribution < 1.29 is 13.2 Å². The number of hydrogen-bond acceptors (Lipinski definition) is 6. The van der Waals surface area contributed by atoms with Crippen LogP contribution in [0.3, 0.4) is 0 Å². The van der Waals surface area contributed by atoms with Gasteiger partial charge < -0.3 is 5.32 Å². The first-order valence-corrected chi connectivity index (χ1v) is 11.2. The summed E-state index contributed by atoms with van der Waals surface area (Å²) in [5, 5.41) is 3.66. The first-order valence-electron chi connectivity index (χ1n) is 7.72. The summed E-state index contributed by atoms with van der Waals surface area (Å²) in [5.41, 5.74) is 0.938. The summed E-state index contributed by atoms with van der Waals surface area (Å²) in [7, 11) is -3.73. The Morgan fingerprint density at radius 2 is 2.00 bits per heavy atom. The van der Waals surface area contributed by atoms with Crippen LogP contribution >= 0.6 is 34.3 Å². The van der Waals surface area contributed by atoms with Gasteiger partial charge in [0.25, 0.3) is 10.0 Å². The number of carbonyl (C=O) groups is 1. The van der Waals surface area contributed by atoms with E-state index in [2.05, 4.69) is 15.0 Å². The second-order valence-electron chi connectivity index (χ2n) is 5.61. The Kier molecular flexibility index (Phi) is 5.93. The topological polar surface area (TPSA) is 88.2 Å². The van der Waals surface area contributed by atoms with Crippen molar-refractivity contribution in [2.45, 2.75) is 17.1 Å². The molecule has 1 unspecified atom stereocenters. The van der Waals surface area contributed by atoms with Gasteiger partial charge in [-0.1, -0.05) is 30.7 Å². The smallest absolute Gasteiger partial charge is 0.250 e. The van der Waals surface area contributed by atoms with E-state index in [9.17, 15) is 13.2 Å². The number of nitrogens with zero attached hydrogens (tertiary/aromatic N) is 1. The average molecular weight is 430 g/mol. The lowest BCUT2D eigenvalue weighted by molar-refractivity contribution is -0.120. The number of rotatable bonds is 7. The maximum atomic E-state index is 12.1. The number of sulfonamides is 1. The van der Waals surface area contributed by atoms with Crippen molar-refractivity contribution in [1.82, 2.24) is 15.0 Å². The van der Waals surface area contributed by atoms with Gasteiger partial charge in [0.2, 0.25) is 5.91 Å². The molecule has 0 bridgehead atoms.